The van der Waals surface area contributed by atoms with Gasteiger partial charge in [-0.25, -0.2) is 0 Å². The van der Waals surface area contributed by atoms with Gasteiger partial charge in [-0.05, 0) is 44.0 Å². The predicted octanol–water partition coefficient (Wildman–Crippen LogP) is 1.55. The molecule has 1 aromatic rings. The van der Waals surface area contributed by atoms with Gasteiger partial charge in [-0.3, -0.25) is 9.69 Å². The third-order valence-corrected chi connectivity index (χ3v) is 4.01. The molecule has 0 aromatic heterocycles. The molecule has 1 aliphatic heterocycles. The Hall–Kier alpha value is -1.39. The highest BCUT2D eigenvalue weighted by Gasteiger charge is 2.14. The molecule has 0 bridgehead atoms. The van der Waals surface area contributed by atoms with Crippen molar-refractivity contribution < 1.29 is 4.79 Å². The van der Waals surface area contributed by atoms with Crippen LogP contribution in [0.1, 0.15) is 30.4 Å². The molecule has 2 N–H and O–H groups in total. The van der Waals surface area contributed by atoms with E-state index in [4.69, 9.17) is 0 Å². The number of amides is 1. The molecule has 4 heteroatoms. The molecule has 0 unspecified atom stereocenters. The first-order chi connectivity index (χ1) is 10.3. The van der Waals surface area contributed by atoms with Gasteiger partial charge in [-0.2, -0.15) is 0 Å². The summed E-state index contributed by atoms with van der Waals surface area (Å²) < 4.78 is 0. The minimum atomic E-state index is 0.175. The van der Waals surface area contributed by atoms with Crippen molar-refractivity contribution in [2.75, 3.05) is 33.2 Å². The zero-order valence-corrected chi connectivity index (χ0v) is 13.0. The number of nitrogens with one attached hydrogen (secondary N) is 2. The van der Waals surface area contributed by atoms with E-state index in [0.29, 0.717) is 6.42 Å². The third-order valence-electron chi connectivity index (χ3n) is 4.01. The van der Waals surface area contributed by atoms with Crippen LogP contribution in [0.25, 0.3) is 0 Å². The molecule has 4 nitrogen and oxygen atoms in total. The average Bonchev–Trinajstić information content (AvgIpc) is 2.52. The molecule has 0 spiro atoms. The first kappa shape index (κ1) is 16.0. The summed E-state index contributed by atoms with van der Waals surface area (Å²) in [5.74, 6) is 0.175. The second-order valence-electron chi connectivity index (χ2n) is 5.71. The standard InChI is InChI=1S/C17H27N3O/c1-18-10-4-8-17(21)19-11-5-12-20-13-9-15-6-2-3-7-16(15)14-20/h2-3,6-7,18H,4-5,8-14H2,1H3,(H,19,21). The van der Waals surface area contributed by atoms with Gasteiger partial charge in [0.25, 0.3) is 0 Å². The number of benzene rings is 1. The maximum atomic E-state index is 11.6. The van der Waals surface area contributed by atoms with E-state index in [9.17, 15) is 4.79 Å². The minimum Gasteiger partial charge on any atom is -0.356 e. The molecule has 0 saturated carbocycles. The number of rotatable bonds is 8. The summed E-state index contributed by atoms with van der Waals surface area (Å²) in [6.45, 7) is 4.93. The van der Waals surface area contributed by atoms with Crippen LogP contribution in [0.15, 0.2) is 24.3 Å². The SMILES string of the molecule is CNCCCC(=O)NCCCN1CCc2ccccc2C1. The summed E-state index contributed by atoms with van der Waals surface area (Å²) in [5.41, 5.74) is 2.95. The van der Waals surface area contributed by atoms with Crippen molar-refractivity contribution in [1.29, 1.82) is 0 Å². The van der Waals surface area contributed by atoms with E-state index in [1.165, 1.54) is 11.1 Å². The Kier molecular flexibility index (Phi) is 6.70. The van der Waals surface area contributed by atoms with E-state index in [1.54, 1.807) is 0 Å². The summed E-state index contributed by atoms with van der Waals surface area (Å²) in [5, 5.41) is 6.06. The average molecular weight is 289 g/mol. The molecule has 21 heavy (non-hydrogen) atoms. The molecule has 0 aliphatic carbocycles. The van der Waals surface area contributed by atoms with Crippen LogP contribution < -0.4 is 10.6 Å². The highest BCUT2D eigenvalue weighted by atomic mass is 16.1. The predicted molar refractivity (Wildman–Crippen MR) is 86.2 cm³/mol. The molecular formula is C17H27N3O. The van der Waals surface area contributed by atoms with Gasteiger partial charge in [0.1, 0.15) is 0 Å². The lowest BCUT2D eigenvalue weighted by Gasteiger charge is -2.28. The fraction of sp³-hybridized carbons (Fsp3) is 0.588. The maximum absolute atomic E-state index is 11.6. The van der Waals surface area contributed by atoms with Crippen LogP contribution in [0.2, 0.25) is 0 Å². The molecule has 0 saturated heterocycles. The van der Waals surface area contributed by atoms with E-state index in [-0.39, 0.29) is 5.91 Å². The van der Waals surface area contributed by atoms with Gasteiger partial charge in [0.15, 0.2) is 0 Å². The van der Waals surface area contributed by atoms with E-state index in [1.807, 2.05) is 7.05 Å². The monoisotopic (exact) mass is 289 g/mol. The van der Waals surface area contributed by atoms with Crippen LogP contribution in [0.5, 0.6) is 0 Å². The maximum Gasteiger partial charge on any atom is 0.220 e. The Morgan fingerprint density at radius 3 is 2.81 bits per heavy atom. The molecule has 2 rings (SSSR count). The van der Waals surface area contributed by atoms with Crippen LogP contribution >= 0.6 is 0 Å². The summed E-state index contributed by atoms with van der Waals surface area (Å²) in [6, 6.07) is 8.70. The first-order valence-corrected chi connectivity index (χ1v) is 8.00. The quantitative estimate of drug-likeness (QED) is 0.714. The van der Waals surface area contributed by atoms with E-state index >= 15 is 0 Å². The third kappa shape index (κ3) is 5.48. The zero-order chi connectivity index (χ0) is 14.9. The van der Waals surface area contributed by atoms with Gasteiger partial charge in [0, 0.05) is 32.6 Å². The second kappa shape index (κ2) is 8.80. The van der Waals surface area contributed by atoms with Gasteiger partial charge in [0.2, 0.25) is 5.91 Å². The Morgan fingerprint density at radius 1 is 1.19 bits per heavy atom. The molecule has 1 heterocycles. The topological polar surface area (TPSA) is 44.4 Å². The smallest absolute Gasteiger partial charge is 0.220 e. The Balaban J connectivity index is 1.59. The Labute approximate surface area is 127 Å². The summed E-state index contributed by atoms with van der Waals surface area (Å²) in [4.78, 5) is 14.1. The lowest BCUT2D eigenvalue weighted by atomic mass is 10.00. The number of hydrogen-bond donors (Lipinski definition) is 2. The molecule has 116 valence electrons. The lowest BCUT2D eigenvalue weighted by Crippen LogP contribution is -2.33. The van der Waals surface area contributed by atoms with Crippen LogP contribution in [-0.4, -0.2) is 44.0 Å². The van der Waals surface area contributed by atoms with Crippen molar-refractivity contribution in [2.24, 2.45) is 0 Å². The summed E-state index contributed by atoms with van der Waals surface area (Å²) in [7, 11) is 1.91. The normalized spacial score (nSPS) is 14.7. The van der Waals surface area contributed by atoms with Gasteiger partial charge in [-0.15, -0.1) is 0 Å². The molecule has 0 fully saturated rings. The first-order valence-electron chi connectivity index (χ1n) is 8.00. The van der Waals surface area contributed by atoms with Crippen LogP contribution in [0, 0.1) is 0 Å². The van der Waals surface area contributed by atoms with Gasteiger partial charge in [-0.1, -0.05) is 24.3 Å². The van der Waals surface area contributed by atoms with Crippen molar-refractivity contribution >= 4 is 5.91 Å². The van der Waals surface area contributed by atoms with E-state index in [2.05, 4.69) is 39.8 Å². The number of carbonyl (C=O) groups excluding carboxylic acids is 1. The largest absolute Gasteiger partial charge is 0.356 e. The Morgan fingerprint density at radius 2 is 2.00 bits per heavy atom. The fourth-order valence-corrected chi connectivity index (χ4v) is 2.79. The van der Waals surface area contributed by atoms with E-state index < -0.39 is 0 Å². The molecule has 1 aliphatic rings. The minimum absolute atomic E-state index is 0.175. The second-order valence-corrected chi connectivity index (χ2v) is 5.71. The van der Waals surface area contributed by atoms with Crippen LogP contribution in [0.3, 0.4) is 0 Å². The Bertz CT molecular complexity index is 447. The lowest BCUT2D eigenvalue weighted by molar-refractivity contribution is -0.121. The van der Waals surface area contributed by atoms with Crippen LogP contribution in [0.4, 0.5) is 0 Å². The molecule has 1 amide bonds. The highest BCUT2D eigenvalue weighted by molar-refractivity contribution is 5.75. The number of hydrogen-bond acceptors (Lipinski definition) is 3. The van der Waals surface area contributed by atoms with Crippen molar-refractivity contribution in [1.82, 2.24) is 15.5 Å². The van der Waals surface area contributed by atoms with Crippen molar-refractivity contribution in [3.63, 3.8) is 0 Å². The van der Waals surface area contributed by atoms with Crippen molar-refractivity contribution in [3.8, 4) is 0 Å². The van der Waals surface area contributed by atoms with Gasteiger partial charge >= 0.3 is 0 Å². The molecule has 1 aromatic carbocycles. The highest BCUT2D eigenvalue weighted by Crippen LogP contribution is 2.18. The van der Waals surface area contributed by atoms with E-state index in [0.717, 1.165) is 52.0 Å². The number of carbonyl (C=O) groups is 1. The molecular weight excluding hydrogens is 262 g/mol. The van der Waals surface area contributed by atoms with Gasteiger partial charge < -0.3 is 10.6 Å². The summed E-state index contributed by atoms with van der Waals surface area (Å²) >= 11 is 0. The fourth-order valence-electron chi connectivity index (χ4n) is 2.79. The number of fused-ring (bicyclic) bond motifs is 1. The summed E-state index contributed by atoms with van der Waals surface area (Å²) in [6.07, 6.45) is 3.70. The van der Waals surface area contributed by atoms with Crippen molar-refractivity contribution in [3.05, 3.63) is 35.4 Å². The molecule has 0 radical (unpaired) electrons. The molecule has 0 atom stereocenters. The van der Waals surface area contributed by atoms with Gasteiger partial charge in [0.05, 0.1) is 0 Å². The zero-order valence-electron chi connectivity index (χ0n) is 13.0. The van der Waals surface area contributed by atoms with Crippen LogP contribution in [-0.2, 0) is 17.8 Å². The number of nitrogens with zero attached hydrogens (tertiary/aromatic N) is 1. The van der Waals surface area contributed by atoms with Crippen molar-refractivity contribution in [2.45, 2.75) is 32.2 Å².